The van der Waals surface area contributed by atoms with Gasteiger partial charge in [0.25, 0.3) is 0 Å². The lowest BCUT2D eigenvalue weighted by Gasteiger charge is -2.18. The van der Waals surface area contributed by atoms with Gasteiger partial charge in [0.15, 0.2) is 0 Å². The minimum atomic E-state index is -0.398. The van der Waals surface area contributed by atoms with Gasteiger partial charge in [0.2, 0.25) is 0 Å². The molecule has 0 aliphatic carbocycles. The number of hydrogen-bond donors (Lipinski definition) is 0. The van der Waals surface area contributed by atoms with Crippen molar-refractivity contribution < 1.29 is 19.1 Å². The molecular weight excluding hydrogens is 260 g/mol. The maximum absolute atomic E-state index is 12.1. The van der Waals surface area contributed by atoms with Crippen LogP contribution in [0.25, 0.3) is 0 Å². The van der Waals surface area contributed by atoms with Gasteiger partial charge in [-0.2, -0.15) is 0 Å². The Hall–Kier alpha value is -2.24. The largest absolute Gasteiger partial charge is 0.497 e. The number of methoxy groups -OCH3 is 2. The van der Waals surface area contributed by atoms with Crippen LogP contribution in [0.15, 0.2) is 24.3 Å². The van der Waals surface area contributed by atoms with Gasteiger partial charge in [0.1, 0.15) is 12.3 Å². The normalized spacial score (nSPS) is 14.6. The summed E-state index contributed by atoms with van der Waals surface area (Å²) in [4.78, 5) is 26.5. The number of hydrogen-bond acceptors (Lipinski definition) is 4. The number of esters is 1. The predicted octanol–water partition coefficient (Wildman–Crippen LogP) is 1.11. The van der Waals surface area contributed by atoms with Crippen molar-refractivity contribution in [2.45, 2.75) is 6.54 Å². The van der Waals surface area contributed by atoms with Crippen molar-refractivity contribution in [3.63, 3.8) is 0 Å². The molecular formula is C14H18N2O4. The van der Waals surface area contributed by atoms with Crippen molar-refractivity contribution in [1.82, 2.24) is 9.80 Å². The summed E-state index contributed by atoms with van der Waals surface area (Å²) < 4.78 is 9.67. The smallest absolute Gasteiger partial charge is 0.325 e. The molecule has 0 radical (unpaired) electrons. The molecule has 1 aliphatic rings. The SMILES string of the molecule is COC(=O)CN1CCN(Cc2ccc(OC)cc2)C1=O. The molecule has 1 aromatic carbocycles. The Morgan fingerprint density at radius 2 is 1.80 bits per heavy atom. The first kappa shape index (κ1) is 14.2. The van der Waals surface area contributed by atoms with Crippen LogP contribution in [-0.2, 0) is 16.1 Å². The fourth-order valence-corrected chi connectivity index (χ4v) is 2.10. The third kappa shape index (κ3) is 3.20. The van der Waals surface area contributed by atoms with Crippen LogP contribution < -0.4 is 4.74 Å². The molecule has 0 N–H and O–H groups in total. The number of benzene rings is 1. The molecule has 1 aliphatic heterocycles. The van der Waals surface area contributed by atoms with E-state index in [-0.39, 0.29) is 12.6 Å². The van der Waals surface area contributed by atoms with E-state index in [1.165, 1.54) is 12.0 Å². The molecule has 2 rings (SSSR count). The number of ether oxygens (including phenoxy) is 2. The summed E-state index contributed by atoms with van der Waals surface area (Å²) in [7, 11) is 2.93. The summed E-state index contributed by atoms with van der Waals surface area (Å²) in [5.74, 6) is 0.387. The van der Waals surface area contributed by atoms with E-state index in [0.29, 0.717) is 19.6 Å². The van der Waals surface area contributed by atoms with E-state index in [1.54, 1.807) is 12.0 Å². The lowest BCUT2D eigenvalue weighted by molar-refractivity contribution is -0.141. The second kappa shape index (κ2) is 6.27. The van der Waals surface area contributed by atoms with E-state index in [2.05, 4.69) is 4.74 Å². The zero-order valence-electron chi connectivity index (χ0n) is 11.7. The minimum absolute atomic E-state index is 0.00838. The molecule has 1 saturated heterocycles. The Morgan fingerprint density at radius 3 is 2.40 bits per heavy atom. The quantitative estimate of drug-likeness (QED) is 0.757. The third-order valence-corrected chi connectivity index (χ3v) is 3.26. The first-order valence-corrected chi connectivity index (χ1v) is 6.37. The van der Waals surface area contributed by atoms with Crippen LogP contribution in [0.4, 0.5) is 4.79 Å². The molecule has 1 aromatic rings. The van der Waals surface area contributed by atoms with Gasteiger partial charge in [0.05, 0.1) is 14.2 Å². The zero-order valence-corrected chi connectivity index (χ0v) is 11.7. The molecule has 2 amide bonds. The second-order valence-corrected chi connectivity index (χ2v) is 4.55. The van der Waals surface area contributed by atoms with E-state index in [9.17, 15) is 9.59 Å². The average Bonchev–Trinajstić information content (AvgIpc) is 2.81. The van der Waals surface area contributed by atoms with Gasteiger partial charge in [-0.15, -0.1) is 0 Å². The third-order valence-electron chi connectivity index (χ3n) is 3.26. The van der Waals surface area contributed by atoms with Gasteiger partial charge >= 0.3 is 12.0 Å². The van der Waals surface area contributed by atoms with Crippen LogP contribution in [0, 0.1) is 0 Å². The van der Waals surface area contributed by atoms with Gasteiger partial charge in [-0.3, -0.25) is 4.79 Å². The van der Waals surface area contributed by atoms with Crippen molar-refractivity contribution in [2.75, 3.05) is 33.9 Å². The number of amides is 2. The summed E-state index contributed by atoms with van der Waals surface area (Å²) in [6, 6.07) is 7.44. The Kier molecular flexibility index (Phi) is 4.45. The Morgan fingerprint density at radius 1 is 1.15 bits per heavy atom. The van der Waals surface area contributed by atoms with Crippen LogP contribution in [-0.4, -0.2) is 55.7 Å². The van der Waals surface area contributed by atoms with E-state index >= 15 is 0 Å². The molecule has 0 unspecified atom stereocenters. The van der Waals surface area contributed by atoms with Gasteiger partial charge in [-0.05, 0) is 17.7 Å². The highest BCUT2D eigenvalue weighted by molar-refractivity contribution is 5.82. The van der Waals surface area contributed by atoms with Crippen molar-refractivity contribution in [2.24, 2.45) is 0 Å². The summed E-state index contributed by atoms with van der Waals surface area (Å²) in [6.45, 7) is 1.70. The predicted molar refractivity (Wildman–Crippen MR) is 72.4 cm³/mol. The maximum atomic E-state index is 12.1. The number of carbonyl (C=O) groups is 2. The van der Waals surface area contributed by atoms with Crippen molar-refractivity contribution >= 4 is 12.0 Å². The van der Waals surface area contributed by atoms with Crippen LogP contribution in [0.5, 0.6) is 5.75 Å². The molecule has 108 valence electrons. The van der Waals surface area contributed by atoms with Crippen molar-refractivity contribution in [3.8, 4) is 5.75 Å². The van der Waals surface area contributed by atoms with Crippen LogP contribution in [0.1, 0.15) is 5.56 Å². The molecule has 1 heterocycles. The van der Waals surface area contributed by atoms with Gasteiger partial charge in [0, 0.05) is 19.6 Å². The second-order valence-electron chi connectivity index (χ2n) is 4.55. The van der Waals surface area contributed by atoms with E-state index < -0.39 is 5.97 Å². The van der Waals surface area contributed by atoms with E-state index in [0.717, 1.165) is 11.3 Å². The van der Waals surface area contributed by atoms with Crippen LogP contribution in [0.2, 0.25) is 0 Å². The lowest BCUT2D eigenvalue weighted by Crippen LogP contribution is -2.35. The molecule has 0 bridgehead atoms. The average molecular weight is 278 g/mol. The fraction of sp³-hybridized carbons (Fsp3) is 0.429. The number of urea groups is 1. The lowest BCUT2D eigenvalue weighted by atomic mass is 10.2. The molecule has 20 heavy (non-hydrogen) atoms. The summed E-state index contributed by atoms with van der Waals surface area (Å²) in [5, 5.41) is 0. The molecule has 1 fully saturated rings. The first-order chi connectivity index (χ1) is 9.63. The van der Waals surface area contributed by atoms with Crippen LogP contribution in [0.3, 0.4) is 0 Å². The van der Waals surface area contributed by atoms with Gasteiger partial charge in [-0.1, -0.05) is 12.1 Å². The Balaban J connectivity index is 1.93. The standard InChI is InChI=1S/C14H18N2O4/c1-19-12-5-3-11(4-6-12)9-15-7-8-16(14(15)18)10-13(17)20-2/h3-6H,7-10H2,1-2H3. The zero-order chi connectivity index (χ0) is 14.5. The summed E-state index contributed by atoms with van der Waals surface area (Å²) in [6.07, 6.45) is 0. The van der Waals surface area contributed by atoms with E-state index in [1.807, 2.05) is 24.3 Å². The van der Waals surface area contributed by atoms with Gasteiger partial charge < -0.3 is 19.3 Å². The molecule has 6 nitrogen and oxygen atoms in total. The fourth-order valence-electron chi connectivity index (χ4n) is 2.10. The summed E-state index contributed by atoms with van der Waals surface area (Å²) in [5.41, 5.74) is 1.03. The van der Waals surface area contributed by atoms with Crippen molar-refractivity contribution in [1.29, 1.82) is 0 Å². The highest BCUT2D eigenvalue weighted by Gasteiger charge is 2.29. The number of rotatable bonds is 5. The van der Waals surface area contributed by atoms with Crippen molar-refractivity contribution in [3.05, 3.63) is 29.8 Å². The Bertz CT molecular complexity index is 486. The highest BCUT2D eigenvalue weighted by Crippen LogP contribution is 2.16. The molecule has 0 spiro atoms. The molecule has 0 atom stereocenters. The number of carbonyl (C=O) groups excluding carboxylic acids is 2. The number of nitrogens with zero attached hydrogens (tertiary/aromatic N) is 2. The highest BCUT2D eigenvalue weighted by atomic mass is 16.5. The maximum Gasteiger partial charge on any atom is 0.325 e. The van der Waals surface area contributed by atoms with Crippen LogP contribution >= 0.6 is 0 Å². The summed E-state index contributed by atoms with van der Waals surface area (Å²) >= 11 is 0. The Labute approximate surface area is 117 Å². The first-order valence-electron chi connectivity index (χ1n) is 6.37. The van der Waals surface area contributed by atoms with Gasteiger partial charge in [-0.25, -0.2) is 4.79 Å². The molecule has 0 saturated carbocycles. The molecule has 6 heteroatoms. The van der Waals surface area contributed by atoms with E-state index in [4.69, 9.17) is 4.74 Å². The molecule has 0 aromatic heterocycles. The monoisotopic (exact) mass is 278 g/mol. The minimum Gasteiger partial charge on any atom is -0.497 e. The topological polar surface area (TPSA) is 59.1 Å².